The highest BCUT2D eigenvalue weighted by atomic mass is 32.2. The van der Waals surface area contributed by atoms with E-state index >= 15 is 0 Å². The zero-order valence-electron chi connectivity index (χ0n) is 17.9. The van der Waals surface area contributed by atoms with Crippen molar-refractivity contribution in [3.8, 4) is 5.75 Å². The number of rotatable bonds is 9. The van der Waals surface area contributed by atoms with Crippen molar-refractivity contribution in [2.24, 2.45) is 0 Å². The molecule has 0 bridgehead atoms. The number of carbonyl (C=O) groups is 1. The van der Waals surface area contributed by atoms with Crippen molar-refractivity contribution in [2.45, 2.75) is 24.9 Å². The van der Waals surface area contributed by atoms with Crippen LogP contribution in [0, 0.1) is 12.7 Å². The summed E-state index contributed by atoms with van der Waals surface area (Å²) in [7, 11) is -2.13. The fraction of sp³-hybridized carbons (Fsp3) is 0.208. The van der Waals surface area contributed by atoms with Crippen LogP contribution in [-0.4, -0.2) is 32.9 Å². The lowest BCUT2D eigenvalue weighted by Gasteiger charge is -2.18. The molecular formula is C24H25FN2O4S. The average Bonchev–Trinajstić information content (AvgIpc) is 2.79. The predicted octanol–water partition coefficient (Wildman–Crippen LogP) is 3.65. The van der Waals surface area contributed by atoms with Crippen molar-refractivity contribution in [2.75, 3.05) is 13.7 Å². The molecule has 0 saturated heterocycles. The minimum Gasteiger partial charge on any atom is -0.483 e. The molecule has 32 heavy (non-hydrogen) atoms. The van der Waals surface area contributed by atoms with E-state index in [1.165, 1.54) is 29.2 Å². The lowest BCUT2D eigenvalue weighted by molar-refractivity contribution is -0.132. The fourth-order valence-corrected chi connectivity index (χ4v) is 4.13. The van der Waals surface area contributed by atoms with Crippen LogP contribution in [0.15, 0.2) is 77.7 Å². The SMILES string of the molecule is Cc1cc(S(=O)(=O)NCc2ccccc2)ccc1OCC(=O)N(C)Cc1ccccc1F. The fourth-order valence-electron chi connectivity index (χ4n) is 3.03. The van der Waals surface area contributed by atoms with E-state index in [2.05, 4.69) is 4.72 Å². The van der Waals surface area contributed by atoms with Gasteiger partial charge in [0, 0.05) is 25.7 Å². The molecule has 3 rings (SSSR count). The first-order valence-electron chi connectivity index (χ1n) is 10.0. The van der Waals surface area contributed by atoms with Gasteiger partial charge in [-0.15, -0.1) is 0 Å². The van der Waals surface area contributed by atoms with Crippen LogP contribution in [0.3, 0.4) is 0 Å². The van der Waals surface area contributed by atoms with E-state index in [9.17, 15) is 17.6 Å². The van der Waals surface area contributed by atoms with Crippen LogP contribution < -0.4 is 9.46 Å². The molecule has 6 nitrogen and oxygen atoms in total. The van der Waals surface area contributed by atoms with Crippen LogP contribution in [0.25, 0.3) is 0 Å². The second kappa shape index (κ2) is 10.4. The zero-order valence-corrected chi connectivity index (χ0v) is 18.7. The number of nitrogens with one attached hydrogen (secondary N) is 1. The Balaban J connectivity index is 1.58. The minimum absolute atomic E-state index is 0.112. The van der Waals surface area contributed by atoms with Crippen molar-refractivity contribution in [1.29, 1.82) is 0 Å². The standard InChI is InChI=1S/C24H25FN2O4S/c1-18-14-21(32(29,30)26-15-19-8-4-3-5-9-19)12-13-23(18)31-17-24(28)27(2)16-20-10-6-7-11-22(20)25/h3-14,26H,15-17H2,1-2H3. The Bertz CT molecular complexity index is 1180. The molecule has 0 aliphatic carbocycles. The summed E-state index contributed by atoms with van der Waals surface area (Å²) < 4.78 is 47.1. The third-order valence-electron chi connectivity index (χ3n) is 4.91. The predicted molar refractivity (Wildman–Crippen MR) is 120 cm³/mol. The first-order valence-corrected chi connectivity index (χ1v) is 11.5. The first-order chi connectivity index (χ1) is 15.3. The van der Waals surface area contributed by atoms with Crippen molar-refractivity contribution in [3.63, 3.8) is 0 Å². The summed E-state index contributed by atoms with van der Waals surface area (Å²) in [6, 6.07) is 19.9. The number of likely N-dealkylation sites (N-methyl/N-ethyl adjacent to an activating group) is 1. The Morgan fingerprint density at radius 1 is 1.03 bits per heavy atom. The summed E-state index contributed by atoms with van der Waals surface area (Å²) in [4.78, 5) is 13.8. The van der Waals surface area contributed by atoms with Crippen molar-refractivity contribution < 1.29 is 22.3 Å². The number of hydrogen-bond donors (Lipinski definition) is 1. The summed E-state index contributed by atoms with van der Waals surface area (Å²) in [6.07, 6.45) is 0. The molecule has 0 heterocycles. The molecule has 168 valence electrons. The van der Waals surface area contributed by atoms with Gasteiger partial charge in [-0.2, -0.15) is 0 Å². The topological polar surface area (TPSA) is 75.7 Å². The number of halogens is 1. The summed E-state index contributed by atoms with van der Waals surface area (Å²) >= 11 is 0. The Labute approximate surface area is 187 Å². The molecule has 0 spiro atoms. The van der Waals surface area contributed by atoms with Crippen molar-refractivity contribution in [1.82, 2.24) is 9.62 Å². The van der Waals surface area contributed by atoms with Crippen LogP contribution >= 0.6 is 0 Å². The highest BCUT2D eigenvalue weighted by Crippen LogP contribution is 2.22. The molecule has 0 aliphatic heterocycles. The normalized spacial score (nSPS) is 11.2. The quantitative estimate of drug-likeness (QED) is 0.533. The Morgan fingerprint density at radius 2 is 1.72 bits per heavy atom. The maximum absolute atomic E-state index is 13.8. The number of aryl methyl sites for hydroxylation is 1. The number of sulfonamides is 1. The molecule has 1 N–H and O–H groups in total. The number of amides is 1. The van der Waals surface area contributed by atoms with Gasteiger partial charge in [0.15, 0.2) is 6.61 Å². The summed E-state index contributed by atoms with van der Waals surface area (Å²) in [6.45, 7) is 1.77. The first kappa shape index (κ1) is 23.4. The highest BCUT2D eigenvalue weighted by molar-refractivity contribution is 7.89. The Kier molecular flexibility index (Phi) is 7.61. The van der Waals surface area contributed by atoms with E-state index in [-0.39, 0.29) is 36.3 Å². The van der Waals surface area contributed by atoms with Gasteiger partial charge in [-0.1, -0.05) is 48.5 Å². The monoisotopic (exact) mass is 456 g/mol. The number of ether oxygens (including phenoxy) is 1. The molecule has 0 aliphatic rings. The van der Waals surface area contributed by atoms with E-state index in [0.29, 0.717) is 16.9 Å². The van der Waals surface area contributed by atoms with Crippen LogP contribution in [-0.2, 0) is 27.9 Å². The molecular weight excluding hydrogens is 431 g/mol. The molecule has 0 aromatic heterocycles. The molecule has 0 saturated carbocycles. The van der Waals surface area contributed by atoms with E-state index in [1.54, 1.807) is 32.2 Å². The largest absolute Gasteiger partial charge is 0.483 e. The smallest absolute Gasteiger partial charge is 0.260 e. The van der Waals surface area contributed by atoms with Gasteiger partial charge in [0.05, 0.1) is 4.90 Å². The van der Waals surface area contributed by atoms with E-state index < -0.39 is 10.0 Å². The van der Waals surface area contributed by atoms with Crippen molar-refractivity contribution in [3.05, 3.63) is 95.3 Å². The van der Waals surface area contributed by atoms with Gasteiger partial charge in [0.2, 0.25) is 10.0 Å². The second-order valence-electron chi connectivity index (χ2n) is 7.37. The Hall–Kier alpha value is -3.23. The van der Waals surface area contributed by atoms with Crippen LogP contribution in [0.4, 0.5) is 4.39 Å². The molecule has 3 aromatic carbocycles. The number of benzene rings is 3. The lowest BCUT2D eigenvalue weighted by Crippen LogP contribution is -2.31. The molecule has 0 atom stereocenters. The van der Waals surface area contributed by atoms with Gasteiger partial charge >= 0.3 is 0 Å². The van der Waals surface area contributed by atoms with E-state index in [4.69, 9.17) is 4.74 Å². The average molecular weight is 457 g/mol. The van der Waals surface area contributed by atoms with Gasteiger partial charge < -0.3 is 9.64 Å². The minimum atomic E-state index is -3.70. The molecule has 3 aromatic rings. The van der Waals surface area contributed by atoms with Gasteiger partial charge in [0.25, 0.3) is 5.91 Å². The zero-order chi connectivity index (χ0) is 23.1. The summed E-state index contributed by atoms with van der Waals surface area (Å²) in [5, 5.41) is 0. The Morgan fingerprint density at radius 3 is 2.41 bits per heavy atom. The third-order valence-corrected chi connectivity index (χ3v) is 6.31. The number of hydrogen-bond acceptors (Lipinski definition) is 4. The lowest BCUT2D eigenvalue weighted by atomic mass is 10.2. The van der Waals surface area contributed by atoms with E-state index in [1.807, 2.05) is 30.3 Å². The van der Waals surface area contributed by atoms with Crippen LogP contribution in [0.5, 0.6) is 5.75 Å². The molecule has 0 unspecified atom stereocenters. The highest BCUT2D eigenvalue weighted by Gasteiger charge is 2.17. The van der Waals surface area contributed by atoms with Crippen LogP contribution in [0.2, 0.25) is 0 Å². The number of nitrogens with zero attached hydrogens (tertiary/aromatic N) is 1. The van der Waals surface area contributed by atoms with Gasteiger partial charge in [-0.25, -0.2) is 17.5 Å². The molecule has 0 fully saturated rings. The molecule has 0 radical (unpaired) electrons. The maximum Gasteiger partial charge on any atom is 0.260 e. The molecule has 8 heteroatoms. The third kappa shape index (κ3) is 6.15. The number of carbonyl (C=O) groups excluding carboxylic acids is 1. The van der Waals surface area contributed by atoms with E-state index in [0.717, 1.165) is 5.56 Å². The van der Waals surface area contributed by atoms with Crippen molar-refractivity contribution >= 4 is 15.9 Å². The van der Waals surface area contributed by atoms with Gasteiger partial charge in [-0.3, -0.25) is 4.79 Å². The van der Waals surface area contributed by atoms with Gasteiger partial charge in [-0.05, 0) is 42.3 Å². The molecule has 1 amide bonds. The summed E-state index contributed by atoms with van der Waals surface area (Å²) in [5.41, 5.74) is 1.85. The summed E-state index contributed by atoms with van der Waals surface area (Å²) in [5.74, 6) is -0.296. The second-order valence-corrected chi connectivity index (χ2v) is 9.13. The van der Waals surface area contributed by atoms with Gasteiger partial charge in [0.1, 0.15) is 11.6 Å². The maximum atomic E-state index is 13.8. The van der Waals surface area contributed by atoms with Crippen LogP contribution in [0.1, 0.15) is 16.7 Å².